The van der Waals surface area contributed by atoms with Crippen LogP contribution in [0.3, 0.4) is 0 Å². The van der Waals surface area contributed by atoms with Gasteiger partial charge in [0.25, 0.3) is 0 Å². The third-order valence-corrected chi connectivity index (χ3v) is 4.28. The molecule has 22 heavy (non-hydrogen) atoms. The maximum atomic E-state index is 12.3. The molecule has 2 atom stereocenters. The third kappa shape index (κ3) is 1.89. The highest BCUT2D eigenvalue weighted by atomic mass is 16.3. The predicted molar refractivity (Wildman–Crippen MR) is 80.3 cm³/mol. The van der Waals surface area contributed by atoms with Gasteiger partial charge >= 0.3 is 0 Å². The quantitative estimate of drug-likeness (QED) is 0.751. The number of aliphatic hydroxyl groups is 1. The van der Waals surface area contributed by atoms with E-state index in [2.05, 4.69) is 0 Å². The molecular weight excluding hydrogens is 284 g/mol. The first kappa shape index (κ1) is 14.5. The standard InChI is InChI=1S/C17H16O5/c1-8(18)15-10-6-9-4-3-5-11(19)13(9)16(21)14(10)12(20)7-17(15,2)22/h3-6,15,19,21-22H,7H2,1-2H3. The fourth-order valence-electron chi connectivity index (χ4n) is 3.47. The summed E-state index contributed by atoms with van der Waals surface area (Å²) in [4.78, 5) is 24.3. The van der Waals surface area contributed by atoms with Gasteiger partial charge in [-0.25, -0.2) is 0 Å². The van der Waals surface area contributed by atoms with Gasteiger partial charge in [0, 0.05) is 6.42 Å². The first-order chi connectivity index (χ1) is 10.2. The van der Waals surface area contributed by atoms with E-state index < -0.39 is 17.3 Å². The fraction of sp³-hybridized carbons (Fsp3) is 0.294. The normalized spacial score (nSPS) is 24.3. The first-order valence-electron chi connectivity index (χ1n) is 6.97. The molecule has 0 bridgehead atoms. The molecule has 3 N–H and O–H groups in total. The minimum Gasteiger partial charge on any atom is -0.507 e. The average Bonchev–Trinajstić information content (AvgIpc) is 2.35. The Balaban J connectivity index is 2.44. The van der Waals surface area contributed by atoms with Crippen molar-refractivity contribution >= 4 is 22.3 Å². The Hall–Kier alpha value is -2.40. The summed E-state index contributed by atoms with van der Waals surface area (Å²) in [5.41, 5.74) is -1.17. The van der Waals surface area contributed by atoms with Crippen molar-refractivity contribution in [2.75, 3.05) is 0 Å². The molecule has 1 aliphatic rings. The van der Waals surface area contributed by atoms with Crippen molar-refractivity contribution < 1.29 is 24.9 Å². The van der Waals surface area contributed by atoms with Crippen LogP contribution < -0.4 is 0 Å². The number of aromatic hydroxyl groups is 2. The number of fused-ring (bicyclic) bond motifs is 2. The number of hydrogen-bond donors (Lipinski definition) is 3. The topological polar surface area (TPSA) is 94.8 Å². The van der Waals surface area contributed by atoms with Crippen molar-refractivity contribution in [3.63, 3.8) is 0 Å². The van der Waals surface area contributed by atoms with Gasteiger partial charge in [0.15, 0.2) is 5.78 Å². The molecule has 0 radical (unpaired) electrons. The highest BCUT2D eigenvalue weighted by Gasteiger charge is 2.45. The van der Waals surface area contributed by atoms with Gasteiger partial charge in [0.2, 0.25) is 0 Å². The van der Waals surface area contributed by atoms with E-state index in [0.717, 1.165) is 0 Å². The number of phenolic OH excluding ortho intramolecular Hbond substituents is 2. The van der Waals surface area contributed by atoms with Crippen molar-refractivity contribution in [1.82, 2.24) is 0 Å². The molecule has 0 aromatic heterocycles. The molecule has 0 aliphatic heterocycles. The van der Waals surface area contributed by atoms with Gasteiger partial charge in [-0.05, 0) is 36.9 Å². The Kier molecular flexibility index (Phi) is 3.00. The van der Waals surface area contributed by atoms with Crippen molar-refractivity contribution in [1.29, 1.82) is 0 Å². The zero-order valence-electron chi connectivity index (χ0n) is 12.3. The zero-order chi connectivity index (χ0) is 16.2. The Bertz CT molecular complexity index is 819. The van der Waals surface area contributed by atoms with Gasteiger partial charge in [-0.15, -0.1) is 0 Å². The number of phenols is 2. The number of benzene rings is 2. The molecular formula is C17H16O5. The van der Waals surface area contributed by atoms with Crippen LogP contribution in [0.4, 0.5) is 0 Å². The summed E-state index contributed by atoms with van der Waals surface area (Å²) in [6.45, 7) is 2.80. The van der Waals surface area contributed by atoms with Crippen LogP contribution in [0.5, 0.6) is 11.5 Å². The summed E-state index contributed by atoms with van der Waals surface area (Å²) in [5, 5.41) is 31.5. The number of carbonyl (C=O) groups is 2. The van der Waals surface area contributed by atoms with Gasteiger partial charge < -0.3 is 15.3 Å². The molecule has 5 heteroatoms. The van der Waals surface area contributed by atoms with Crippen LogP contribution in [0.2, 0.25) is 0 Å². The smallest absolute Gasteiger partial charge is 0.169 e. The van der Waals surface area contributed by atoms with Gasteiger partial charge in [-0.1, -0.05) is 12.1 Å². The highest BCUT2D eigenvalue weighted by Crippen LogP contribution is 2.47. The maximum Gasteiger partial charge on any atom is 0.169 e. The Morgan fingerprint density at radius 2 is 2.00 bits per heavy atom. The lowest BCUT2D eigenvalue weighted by atomic mass is 9.69. The minimum atomic E-state index is -1.49. The molecule has 5 nitrogen and oxygen atoms in total. The molecule has 2 aromatic rings. The monoisotopic (exact) mass is 300 g/mol. The van der Waals surface area contributed by atoms with Crippen LogP contribution in [-0.2, 0) is 4.79 Å². The molecule has 1 aliphatic carbocycles. The van der Waals surface area contributed by atoms with Crippen molar-refractivity contribution in [2.45, 2.75) is 31.8 Å². The molecule has 2 unspecified atom stereocenters. The lowest BCUT2D eigenvalue weighted by molar-refractivity contribution is -0.124. The predicted octanol–water partition coefficient (Wildman–Crippen LogP) is 2.26. The molecule has 0 spiro atoms. The minimum absolute atomic E-state index is 0.0146. The summed E-state index contributed by atoms with van der Waals surface area (Å²) in [6, 6.07) is 6.27. The summed E-state index contributed by atoms with van der Waals surface area (Å²) in [6.07, 6.45) is -0.253. The Labute approximate surface area is 126 Å². The molecule has 3 rings (SSSR count). The van der Waals surface area contributed by atoms with E-state index in [4.69, 9.17) is 0 Å². The van der Waals surface area contributed by atoms with Gasteiger partial charge in [0.1, 0.15) is 17.3 Å². The van der Waals surface area contributed by atoms with Crippen molar-refractivity contribution in [3.05, 3.63) is 35.4 Å². The summed E-state index contributed by atoms with van der Waals surface area (Å²) >= 11 is 0. The highest BCUT2D eigenvalue weighted by molar-refractivity contribution is 6.11. The van der Waals surface area contributed by atoms with E-state index in [1.54, 1.807) is 18.2 Å². The second kappa shape index (κ2) is 4.55. The van der Waals surface area contributed by atoms with E-state index in [1.165, 1.54) is 19.9 Å². The van der Waals surface area contributed by atoms with Crippen LogP contribution in [0.15, 0.2) is 24.3 Å². The van der Waals surface area contributed by atoms with E-state index >= 15 is 0 Å². The molecule has 0 saturated heterocycles. The molecule has 0 heterocycles. The Morgan fingerprint density at radius 3 is 2.64 bits per heavy atom. The van der Waals surface area contributed by atoms with E-state index in [1.807, 2.05) is 0 Å². The molecule has 0 amide bonds. The average molecular weight is 300 g/mol. The number of ketones is 2. The summed E-state index contributed by atoms with van der Waals surface area (Å²) < 4.78 is 0. The van der Waals surface area contributed by atoms with Crippen LogP contribution in [0.1, 0.15) is 42.1 Å². The fourth-order valence-corrected chi connectivity index (χ4v) is 3.47. The van der Waals surface area contributed by atoms with Gasteiger partial charge in [-0.2, -0.15) is 0 Å². The lowest BCUT2D eigenvalue weighted by Crippen LogP contribution is -2.43. The van der Waals surface area contributed by atoms with Crippen molar-refractivity contribution in [2.24, 2.45) is 0 Å². The summed E-state index contributed by atoms with van der Waals surface area (Å²) in [7, 11) is 0. The molecule has 0 fully saturated rings. The number of Topliss-reactive ketones (excluding diaryl/α,β-unsaturated/α-hetero) is 2. The van der Waals surface area contributed by atoms with Crippen LogP contribution in [0, 0.1) is 0 Å². The maximum absolute atomic E-state index is 12.3. The number of rotatable bonds is 1. The van der Waals surface area contributed by atoms with E-state index in [9.17, 15) is 24.9 Å². The lowest BCUT2D eigenvalue weighted by Gasteiger charge is -2.36. The molecule has 114 valence electrons. The van der Waals surface area contributed by atoms with Crippen LogP contribution in [-0.4, -0.2) is 32.5 Å². The second-order valence-electron chi connectivity index (χ2n) is 6.07. The number of hydrogen-bond acceptors (Lipinski definition) is 5. The number of carbonyl (C=O) groups excluding carboxylic acids is 2. The largest absolute Gasteiger partial charge is 0.507 e. The van der Waals surface area contributed by atoms with E-state index in [-0.39, 0.29) is 34.7 Å². The van der Waals surface area contributed by atoms with E-state index in [0.29, 0.717) is 10.9 Å². The van der Waals surface area contributed by atoms with Crippen LogP contribution in [0.25, 0.3) is 10.8 Å². The Morgan fingerprint density at radius 1 is 1.32 bits per heavy atom. The second-order valence-corrected chi connectivity index (χ2v) is 6.07. The SMILES string of the molecule is CC(=O)C1c2cc3cccc(O)c3c(O)c2C(=O)CC1(C)O. The molecule has 2 aromatic carbocycles. The van der Waals surface area contributed by atoms with Gasteiger partial charge in [-0.3, -0.25) is 9.59 Å². The van der Waals surface area contributed by atoms with Crippen molar-refractivity contribution in [3.8, 4) is 11.5 Å². The first-order valence-corrected chi connectivity index (χ1v) is 6.97. The molecule has 0 saturated carbocycles. The third-order valence-electron chi connectivity index (χ3n) is 4.28. The van der Waals surface area contributed by atoms with Crippen LogP contribution >= 0.6 is 0 Å². The summed E-state index contributed by atoms with van der Waals surface area (Å²) in [5.74, 6) is -2.09. The van der Waals surface area contributed by atoms with Gasteiger partial charge in [0.05, 0.1) is 22.5 Å². The zero-order valence-corrected chi connectivity index (χ0v) is 12.3.